The Morgan fingerprint density at radius 2 is 1.80 bits per heavy atom. The maximum atomic E-state index is 6.25. The minimum Gasteiger partial charge on any atom is -0.494 e. The summed E-state index contributed by atoms with van der Waals surface area (Å²) in [6.07, 6.45) is 1.74. The van der Waals surface area contributed by atoms with Crippen molar-refractivity contribution in [3.05, 3.63) is 64.7 Å². The molecule has 0 spiro atoms. The van der Waals surface area contributed by atoms with E-state index >= 15 is 0 Å². The fourth-order valence-corrected chi connectivity index (χ4v) is 2.26. The van der Waals surface area contributed by atoms with Gasteiger partial charge in [0.25, 0.3) is 0 Å². The maximum Gasteiger partial charge on any atom is 0.119 e. The first-order valence-corrected chi connectivity index (χ1v) is 7.30. The van der Waals surface area contributed by atoms with Gasteiger partial charge in [0.1, 0.15) is 5.75 Å². The number of nitrogens with two attached hydrogens (primary N) is 1. The lowest BCUT2D eigenvalue weighted by molar-refractivity contribution is 0.317. The number of hydrogen-bond acceptors (Lipinski definition) is 2. The predicted octanol–water partition coefficient (Wildman–Crippen LogP) is 4.37. The summed E-state index contributed by atoms with van der Waals surface area (Å²) in [7, 11) is 0. The maximum absolute atomic E-state index is 6.25. The van der Waals surface area contributed by atoms with Crippen molar-refractivity contribution in [2.75, 3.05) is 6.61 Å². The van der Waals surface area contributed by atoms with Gasteiger partial charge in [-0.05, 0) is 42.2 Å². The Bertz CT molecular complexity index is 539. The average molecular weight is 290 g/mol. The van der Waals surface area contributed by atoms with E-state index in [1.807, 2.05) is 48.5 Å². The van der Waals surface area contributed by atoms with E-state index in [-0.39, 0.29) is 6.04 Å². The first-order valence-electron chi connectivity index (χ1n) is 6.92. The van der Waals surface area contributed by atoms with E-state index in [4.69, 9.17) is 22.1 Å². The number of ether oxygens (including phenoxy) is 1. The van der Waals surface area contributed by atoms with Crippen LogP contribution in [-0.2, 0) is 6.42 Å². The number of hydrogen-bond donors (Lipinski definition) is 1. The van der Waals surface area contributed by atoms with Gasteiger partial charge in [-0.2, -0.15) is 0 Å². The molecule has 0 fully saturated rings. The van der Waals surface area contributed by atoms with E-state index in [0.29, 0.717) is 0 Å². The molecule has 0 saturated carbocycles. The molecule has 2 aromatic carbocycles. The van der Waals surface area contributed by atoms with Crippen molar-refractivity contribution in [2.45, 2.75) is 25.8 Å². The smallest absolute Gasteiger partial charge is 0.119 e. The molecule has 0 aliphatic carbocycles. The molecule has 0 radical (unpaired) electrons. The van der Waals surface area contributed by atoms with Gasteiger partial charge in [0.2, 0.25) is 0 Å². The summed E-state index contributed by atoms with van der Waals surface area (Å²) in [4.78, 5) is 0. The Hall–Kier alpha value is -1.51. The molecule has 0 saturated heterocycles. The van der Waals surface area contributed by atoms with Crippen LogP contribution < -0.4 is 10.5 Å². The van der Waals surface area contributed by atoms with Crippen LogP contribution in [0, 0.1) is 0 Å². The zero-order valence-corrected chi connectivity index (χ0v) is 12.4. The summed E-state index contributed by atoms with van der Waals surface area (Å²) in [5.74, 6) is 0.889. The molecule has 0 heterocycles. The molecule has 2 N–H and O–H groups in total. The van der Waals surface area contributed by atoms with Crippen molar-refractivity contribution < 1.29 is 4.74 Å². The van der Waals surface area contributed by atoms with Crippen LogP contribution in [0.4, 0.5) is 0 Å². The minimum atomic E-state index is -0.0601. The van der Waals surface area contributed by atoms with Crippen LogP contribution >= 0.6 is 11.6 Å². The molecule has 2 aromatic rings. The van der Waals surface area contributed by atoms with Crippen molar-refractivity contribution in [3.63, 3.8) is 0 Å². The van der Waals surface area contributed by atoms with Gasteiger partial charge in [-0.25, -0.2) is 0 Å². The van der Waals surface area contributed by atoms with Crippen molar-refractivity contribution in [1.82, 2.24) is 0 Å². The standard InChI is InChI=1S/C17H20ClNO/c1-2-11-20-15-9-7-13(8-10-15)17(19)12-14-5-3-4-6-16(14)18/h3-10,17H,2,11-12,19H2,1H3. The van der Waals surface area contributed by atoms with E-state index in [0.717, 1.165) is 41.3 Å². The van der Waals surface area contributed by atoms with Gasteiger partial charge in [0.15, 0.2) is 0 Å². The highest BCUT2D eigenvalue weighted by molar-refractivity contribution is 6.31. The van der Waals surface area contributed by atoms with Gasteiger partial charge in [-0.15, -0.1) is 0 Å². The molecule has 0 aromatic heterocycles. The third-order valence-electron chi connectivity index (χ3n) is 3.18. The highest BCUT2D eigenvalue weighted by Gasteiger charge is 2.09. The van der Waals surface area contributed by atoms with Gasteiger partial charge >= 0.3 is 0 Å². The molecule has 0 aliphatic rings. The molecule has 20 heavy (non-hydrogen) atoms. The van der Waals surface area contributed by atoms with Crippen molar-refractivity contribution in [2.24, 2.45) is 5.73 Å². The number of rotatable bonds is 6. The molecule has 0 aliphatic heterocycles. The Morgan fingerprint density at radius 3 is 2.45 bits per heavy atom. The highest BCUT2D eigenvalue weighted by Crippen LogP contribution is 2.23. The molecule has 0 amide bonds. The first kappa shape index (κ1) is 14.9. The van der Waals surface area contributed by atoms with Crippen molar-refractivity contribution in [1.29, 1.82) is 0 Å². The quantitative estimate of drug-likeness (QED) is 0.857. The minimum absolute atomic E-state index is 0.0601. The van der Waals surface area contributed by atoms with Crippen LogP contribution in [0.3, 0.4) is 0 Å². The predicted molar refractivity (Wildman–Crippen MR) is 84.3 cm³/mol. The van der Waals surface area contributed by atoms with Gasteiger partial charge in [0.05, 0.1) is 6.61 Å². The zero-order valence-electron chi connectivity index (χ0n) is 11.7. The van der Waals surface area contributed by atoms with Crippen LogP contribution in [0.25, 0.3) is 0 Å². The van der Waals surface area contributed by atoms with Gasteiger partial charge in [0, 0.05) is 11.1 Å². The largest absolute Gasteiger partial charge is 0.494 e. The second-order valence-electron chi connectivity index (χ2n) is 4.82. The summed E-state index contributed by atoms with van der Waals surface area (Å²) >= 11 is 6.16. The monoisotopic (exact) mass is 289 g/mol. The van der Waals surface area contributed by atoms with Crippen LogP contribution in [0.5, 0.6) is 5.75 Å². The van der Waals surface area contributed by atoms with Crippen LogP contribution in [-0.4, -0.2) is 6.61 Å². The average Bonchev–Trinajstić information content (AvgIpc) is 2.48. The Balaban J connectivity index is 2.02. The lowest BCUT2D eigenvalue weighted by atomic mass is 9.99. The zero-order chi connectivity index (χ0) is 14.4. The summed E-state index contributed by atoms with van der Waals surface area (Å²) in [5.41, 5.74) is 8.41. The summed E-state index contributed by atoms with van der Waals surface area (Å²) in [6.45, 7) is 2.83. The van der Waals surface area contributed by atoms with Crippen molar-refractivity contribution >= 4 is 11.6 Å². The molecular formula is C17H20ClNO. The van der Waals surface area contributed by atoms with Crippen LogP contribution in [0.15, 0.2) is 48.5 Å². The summed E-state index contributed by atoms with van der Waals surface area (Å²) < 4.78 is 5.57. The second-order valence-corrected chi connectivity index (χ2v) is 5.23. The molecule has 106 valence electrons. The first-order chi connectivity index (χ1) is 9.70. The number of benzene rings is 2. The van der Waals surface area contributed by atoms with Crippen LogP contribution in [0.1, 0.15) is 30.5 Å². The van der Waals surface area contributed by atoms with E-state index in [1.165, 1.54) is 0 Å². The SMILES string of the molecule is CCCOc1ccc(C(N)Cc2ccccc2Cl)cc1. The summed E-state index contributed by atoms with van der Waals surface area (Å²) in [5, 5.41) is 0.769. The molecule has 2 nitrogen and oxygen atoms in total. The Kier molecular flexibility index (Phi) is 5.45. The molecule has 3 heteroatoms. The fraction of sp³-hybridized carbons (Fsp3) is 0.294. The molecule has 2 rings (SSSR count). The topological polar surface area (TPSA) is 35.2 Å². The summed E-state index contributed by atoms with van der Waals surface area (Å²) in [6, 6.07) is 15.7. The molecular weight excluding hydrogens is 270 g/mol. The lowest BCUT2D eigenvalue weighted by Gasteiger charge is -2.14. The second kappa shape index (κ2) is 7.32. The molecule has 1 unspecified atom stereocenters. The third kappa shape index (κ3) is 3.99. The fourth-order valence-electron chi connectivity index (χ4n) is 2.05. The van der Waals surface area contributed by atoms with Gasteiger partial charge in [-0.1, -0.05) is 48.9 Å². The highest BCUT2D eigenvalue weighted by atomic mass is 35.5. The van der Waals surface area contributed by atoms with E-state index < -0.39 is 0 Å². The molecule has 1 atom stereocenters. The lowest BCUT2D eigenvalue weighted by Crippen LogP contribution is -2.13. The molecule has 0 bridgehead atoms. The van der Waals surface area contributed by atoms with E-state index in [2.05, 4.69) is 6.92 Å². The van der Waals surface area contributed by atoms with Crippen LogP contribution in [0.2, 0.25) is 5.02 Å². The van der Waals surface area contributed by atoms with E-state index in [9.17, 15) is 0 Å². The van der Waals surface area contributed by atoms with Gasteiger partial charge in [-0.3, -0.25) is 0 Å². The van der Waals surface area contributed by atoms with Gasteiger partial charge < -0.3 is 10.5 Å². The van der Waals surface area contributed by atoms with E-state index in [1.54, 1.807) is 0 Å². The number of halogens is 1. The Labute approximate surface area is 125 Å². The third-order valence-corrected chi connectivity index (χ3v) is 3.55. The Morgan fingerprint density at radius 1 is 1.10 bits per heavy atom. The van der Waals surface area contributed by atoms with Crippen molar-refractivity contribution in [3.8, 4) is 5.75 Å². The normalized spacial score (nSPS) is 12.2.